The SMILES string of the molecule is CCCCCCC1(CCCCCC)c2ccccc2-c2ccc(-c3ccc4c(c3)C(CCCCCC)(CCCCCC)c3cc(-c5ccc6c(c5)C(CCCCCC)(CCCCCC)c5cc(-c7ccc(-c8ccccc8)nc7)ccc5-6)ccc3-4)cc21. The zero-order valence-electron chi connectivity index (χ0n) is 54.7. The minimum Gasteiger partial charge on any atom is -0.256 e. The molecule has 11 rings (SSSR count). The first-order chi connectivity index (χ1) is 42.9. The van der Waals surface area contributed by atoms with Gasteiger partial charge in [0.05, 0.1) is 5.69 Å². The molecule has 0 N–H and O–H groups in total. The molecule has 0 spiro atoms. The van der Waals surface area contributed by atoms with Gasteiger partial charge in [0, 0.05) is 33.6 Å². The molecule has 87 heavy (non-hydrogen) atoms. The molecule has 3 aliphatic carbocycles. The number of unbranched alkanes of at least 4 members (excludes halogenated alkanes) is 18. The van der Waals surface area contributed by atoms with Gasteiger partial charge < -0.3 is 0 Å². The molecule has 8 aromatic rings. The van der Waals surface area contributed by atoms with E-state index in [9.17, 15) is 0 Å². The van der Waals surface area contributed by atoms with Crippen molar-refractivity contribution in [1.82, 2.24) is 4.98 Å². The summed E-state index contributed by atoms with van der Waals surface area (Å²) < 4.78 is 0. The number of aromatic nitrogens is 1. The zero-order chi connectivity index (χ0) is 60.1. The van der Waals surface area contributed by atoms with E-state index >= 15 is 0 Å². The number of fused-ring (bicyclic) bond motifs is 9. The molecule has 0 atom stereocenters. The predicted molar refractivity (Wildman–Crippen MR) is 377 cm³/mol. The number of benzene rings is 7. The van der Waals surface area contributed by atoms with Crippen LogP contribution in [0, 0.1) is 0 Å². The number of pyridine rings is 1. The summed E-state index contributed by atoms with van der Waals surface area (Å²) in [5.41, 5.74) is 28.5. The molecular formula is C86H105N. The molecule has 7 aromatic carbocycles. The number of nitrogens with zero attached hydrogens (tertiary/aromatic N) is 1. The fourth-order valence-corrected chi connectivity index (χ4v) is 16.8. The summed E-state index contributed by atoms with van der Waals surface area (Å²) in [6.07, 6.45) is 40.2. The molecule has 0 amide bonds. The van der Waals surface area contributed by atoms with Gasteiger partial charge >= 0.3 is 0 Å². The smallest absolute Gasteiger partial charge is 0.0702 e. The van der Waals surface area contributed by atoms with Crippen molar-refractivity contribution in [2.45, 2.75) is 250 Å². The third-order valence-electron chi connectivity index (χ3n) is 21.6. The van der Waals surface area contributed by atoms with E-state index in [-0.39, 0.29) is 16.2 Å². The quantitative estimate of drug-likeness (QED) is 0.0366. The largest absolute Gasteiger partial charge is 0.256 e. The first-order valence-electron chi connectivity index (χ1n) is 35.7. The minimum atomic E-state index is -0.0502. The fraction of sp³-hybridized carbons (Fsp3) is 0.453. The van der Waals surface area contributed by atoms with Gasteiger partial charge in [0.1, 0.15) is 0 Å². The summed E-state index contributed by atoms with van der Waals surface area (Å²) in [5, 5.41) is 0. The van der Waals surface area contributed by atoms with E-state index in [0.29, 0.717) is 0 Å². The van der Waals surface area contributed by atoms with Crippen molar-refractivity contribution in [3.63, 3.8) is 0 Å². The summed E-state index contributed by atoms with van der Waals surface area (Å²) in [4.78, 5) is 5.04. The molecule has 1 nitrogen and oxygen atoms in total. The highest BCUT2D eigenvalue weighted by atomic mass is 14.7. The molecule has 454 valence electrons. The van der Waals surface area contributed by atoms with Crippen LogP contribution in [0.5, 0.6) is 0 Å². The molecule has 0 aliphatic heterocycles. The van der Waals surface area contributed by atoms with Gasteiger partial charge in [-0.15, -0.1) is 0 Å². The Morgan fingerprint density at radius 3 is 0.816 bits per heavy atom. The Kier molecular flexibility index (Phi) is 21.0. The molecule has 1 heteroatoms. The molecule has 0 saturated heterocycles. The van der Waals surface area contributed by atoms with Crippen molar-refractivity contribution >= 4 is 0 Å². The Labute approximate surface area is 527 Å². The van der Waals surface area contributed by atoms with Crippen LogP contribution < -0.4 is 0 Å². The highest BCUT2D eigenvalue weighted by molar-refractivity contribution is 5.90. The van der Waals surface area contributed by atoms with Crippen LogP contribution in [0.3, 0.4) is 0 Å². The van der Waals surface area contributed by atoms with E-state index < -0.39 is 0 Å². The van der Waals surface area contributed by atoms with E-state index in [1.165, 1.54) is 259 Å². The number of hydrogen-bond donors (Lipinski definition) is 0. The molecule has 0 unspecified atom stereocenters. The average Bonchev–Trinajstić information content (AvgIpc) is 1.60. The van der Waals surface area contributed by atoms with Gasteiger partial charge in [-0.1, -0.05) is 317 Å². The Morgan fingerprint density at radius 1 is 0.230 bits per heavy atom. The molecule has 0 saturated carbocycles. The first kappa shape index (κ1) is 62.3. The topological polar surface area (TPSA) is 12.9 Å². The van der Waals surface area contributed by atoms with Crippen LogP contribution in [0.2, 0.25) is 0 Å². The standard InChI is InChI=1S/C86H105N/c1-7-13-19-30-52-84(53-31-20-14-8-2)77-39-29-28-38-71(77)72-46-40-65(58-78(72)84)66-41-47-73-74-48-42-67(60-80(74)85(79(73)59-66,54-32-21-15-9-3)55-33-22-16-10-4)68-43-49-75-76-50-44-69(70-45-51-83(87-63-70)64-36-26-25-27-37-64)62-82(76)86(81(75)61-68,56-34-23-17-11-5)57-35-24-18-12-6/h25-29,36-51,58-63H,7-24,30-35,52-57H2,1-6H3. The van der Waals surface area contributed by atoms with Crippen molar-refractivity contribution in [1.29, 1.82) is 0 Å². The van der Waals surface area contributed by atoms with E-state index in [4.69, 9.17) is 4.98 Å². The highest BCUT2D eigenvalue weighted by Gasteiger charge is 2.46. The maximum absolute atomic E-state index is 5.04. The van der Waals surface area contributed by atoms with Crippen LogP contribution in [0.25, 0.3) is 78.0 Å². The maximum Gasteiger partial charge on any atom is 0.0702 e. The summed E-state index contributed by atoms with van der Waals surface area (Å²) in [6.45, 7) is 14.2. The Balaban J connectivity index is 1.01. The van der Waals surface area contributed by atoms with E-state index in [2.05, 4.69) is 205 Å². The van der Waals surface area contributed by atoms with Crippen LogP contribution in [-0.4, -0.2) is 4.98 Å². The summed E-state index contributed by atoms with van der Waals surface area (Å²) in [6, 6.07) is 63.2. The molecule has 1 heterocycles. The lowest BCUT2D eigenvalue weighted by atomic mass is 9.69. The van der Waals surface area contributed by atoms with Gasteiger partial charge in [-0.05, 0) is 170 Å². The summed E-state index contributed by atoms with van der Waals surface area (Å²) >= 11 is 0. The Hall–Kier alpha value is -6.31. The monoisotopic (exact) mass is 1150 g/mol. The van der Waals surface area contributed by atoms with Crippen molar-refractivity contribution in [3.05, 3.63) is 197 Å². The van der Waals surface area contributed by atoms with Crippen LogP contribution in [0.4, 0.5) is 0 Å². The lowest BCUT2D eigenvalue weighted by Crippen LogP contribution is -2.26. The van der Waals surface area contributed by atoms with Crippen LogP contribution in [0.1, 0.15) is 268 Å². The van der Waals surface area contributed by atoms with Gasteiger partial charge in [0.2, 0.25) is 0 Å². The van der Waals surface area contributed by atoms with Crippen LogP contribution in [-0.2, 0) is 16.2 Å². The lowest BCUT2D eigenvalue weighted by Gasteiger charge is -2.34. The van der Waals surface area contributed by atoms with Gasteiger partial charge in [0.25, 0.3) is 0 Å². The predicted octanol–water partition coefficient (Wildman–Crippen LogP) is 26.4. The van der Waals surface area contributed by atoms with Crippen molar-refractivity contribution in [3.8, 4) is 78.0 Å². The zero-order valence-corrected chi connectivity index (χ0v) is 54.7. The minimum absolute atomic E-state index is 0.0483. The van der Waals surface area contributed by atoms with Crippen LogP contribution >= 0.6 is 0 Å². The van der Waals surface area contributed by atoms with Crippen LogP contribution in [0.15, 0.2) is 164 Å². The van der Waals surface area contributed by atoms with Crippen molar-refractivity contribution < 1.29 is 0 Å². The average molecular weight is 1150 g/mol. The number of hydrogen-bond acceptors (Lipinski definition) is 1. The second kappa shape index (κ2) is 29.3. The van der Waals surface area contributed by atoms with E-state index in [1.807, 2.05) is 0 Å². The summed E-state index contributed by atoms with van der Waals surface area (Å²) in [5.74, 6) is 0. The molecular weight excluding hydrogens is 1050 g/mol. The second-order valence-corrected chi connectivity index (χ2v) is 27.3. The van der Waals surface area contributed by atoms with Gasteiger partial charge in [0.15, 0.2) is 0 Å². The third-order valence-corrected chi connectivity index (χ3v) is 21.6. The van der Waals surface area contributed by atoms with Gasteiger partial charge in [-0.2, -0.15) is 0 Å². The fourth-order valence-electron chi connectivity index (χ4n) is 16.8. The molecule has 3 aliphatic rings. The second-order valence-electron chi connectivity index (χ2n) is 27.3. The Bertz CT molecular complexity index is 3480. The molecule has 0 bridgehead atoms. The number of rotatable bonds is 34. The lowest BCUT2D eigenvalue weighted by molar-refractivity contribution is 0.400. The first-order valence-corrected chi connectivity index (χ1v) is 35.7. The third kappa shape index (κ3) is 12.8. The molecule has 0 fully saturated rings. The van der Waals surface area contributed by atoms with E-state index in [1.54, 1.807) is 33.4 Å². The molecule has 0 radical (unpaired) electrons. The summed E-state index contributed by atoms with van der Waals surface area (Å²) in [7, 11) is 0. The molecule has 1 aromatic heterocycles. The van der Waals surface area contributed by atoms with Crippen molar-refractivity contribution in [2.75, 3.05) is 0 Å². The maximum atomic E-state index is 5.04. The van der Waals surface area contributed by atoms with Gasteiger partial charge in [-0.25, -0.2) is 0 Å². The van der Waals surface area contributed by atoms with Gasteiger partial charge in [-0.3, -0.25) is 4.98 Å². The normalized spacial score (nSPS) is 14.4. The highest BCUT2D eigenvalue weighted by Crippen LogP contribution is 2.60. The van der Waals surface area contributed by atoms with Crippen molar-refractivity contribution in [2.24, 2.45) is 0 Å². The Morgan fingerprint density at radius 2 is 0.506 bits per heavy atom. The van der Waals surface area contributed by atoms with E-state index in [0.717, 1.165) is 11.3 Å².